The van der Waals surface area contributed by atoms with Crippen LogP contribution in [0, 0.1) is 0 Å². The molecule has 2 rings (SSSR count). The van der Waals surface area contributed by atoms with Gasteiger partial charge in [-0.3, -0.25) is 9.69 Å². The molecular weight excluding hydrogens is 268 g/mol. The molecule has 0 unspecified atom stereocenters. The van der Waals surface area contributed by atoms with Crippen molar-refractivity contribution >= 4 is 17.3 Å². The largest absolute Gasteiger partial charge is 0.399 e. The summed E-state index contributed by atoms with van der Waals surface area (Å²) in [5, 5.41) is 11.8. The number of amides is 1. The molecule has 0 spiro atoms. The van der Waals surface area contributed by atoms with Crippen LogP contribution >= 0.6 is 0 Å². The van der Waals surface area contributed by atoms with E-state index in [0.717, 1.165) is 45.0 Å². The number of nitrogens with one attached hydrogen (secondary N) is 1. The van der Waals surface area contributed by atoms with Crippen LogP contribution in [0.2, 0.25) is 0 Å². The lowest BCUT2D eigenvalue weighted by molar-refractivity contribution is -0.116. The van der Waals surface area contributed by atoms with Crippen molar-refractivity contribution < 1.29 is 9.90 Å². The number of hydrogen-bond donors (Lipinski definition) is 3. The van der Waals surface area contributed by atoms with Crippen LogP contribution in [-0.4, -0.2) is 66.7 Å². The normalized spacial score (nSPS) is 16.8. The Labute approximate surface area is 125 Å². The molecule has 1 aromatic rings. The summed E-state index contributed by atoms with van der Waals surface area (Å²) in [5.41, 5.74) is 7.07. The Morgan fingerprint density at radius 3 is 2.48 bits per heavy atom. The van der Waals surface area contributed by atoms with Crippen LogP contribution in [0.3, 0.4) is 0 Å². The van der Waals surface area contributed by atoms with E-state index in [1.807, 2.05) is 12.1 Å². The molecule has 1 aliphatic rings. The van der Waals surface area contributed by atoms with E-state index in [1.54, 1.807) is 12.1 Å². The number of aliphatic hydroxyl groups excluding tert-OH is 1. The Morgan fingerprint density at radius 2 is 1.86 bits per heavy atom. The molecular formula is C15H24N4O2. The van der Waals surface area contributed by atoms with Gasteiger partial charge in [-0.15, -0.1) is 0 Å². The summed E-state index contributed by atoms with van der Waals surface area (Å²) < 4.78 is 0. The number of nitrogens with zero attached hydrogens (tertiary/aromatic N) is 2. The summed E-state index contributed by atoms with van der Waals surface area (Å²) in [6.07, 6.45) is 0.481. The molecule has 0 saturated carbocycles. The number of hydrogen-bond acceptors (Lipinski definition) is 5. The summed E-state index contributed by atoms with van der Waals surface area (Å²) in [5.74, 6) is 0.0124. The third-order valence-electron chi connectivity index (χ3n) is 3.71. The highest BCUT2D eigenvalue weighted by molar-refractivity contribution is 5.91. The monoisotopic (exact) mass is 292 g/mol. The first-order chi connectivity index (χ1) is 10.2. The SMILES string of the molecule is Nc1cccc(NC(=O)CCN2CCN(CCO)CC2)c1. The Kier molecular flexibility index (Phi) is 5.98. The van der Waals surface area contributed by atoms with Crippen LogP contribution < -0.4 is 11.1 Å². The lowest BCUT2D eigenvalue weighted by Gasteiger charge is -2.34. The first kappa shape index (κ1) is 15.8. The van der Waals surface area contributed by atoms with E-state index in [-0.39, 0.29) is 12.5 Å². The minimum Gasteiger partial charge on any atom is -0.399 e. The number of carbonyl (C=O) groups excluding carboxylic acids is 1. The second kappa shape index (κ2) is 7.97. The minimum atomic E-state index is 0.0124. The summed E-state index contributed by atoms with van der Waals surface area (Å²) in [7, 11) is 0. The van der Waals surface area contributed by atoms with Crippen molar-refractivity contribution in [1.29, 1.82) is 0 Å². The number of carbonyl (C=O) groups is 1. The Hall–Kier alpha value is -1.63. The van der Waals surface area contributed by atoms with Crippen LogP contribution in [0.4, 0.5) is 11.4 Å². The van der Waals surface area contributed by atoms with Crippen molar-refractivity contribution in [2.45, 2.75) is 6.42 Å². The quantitative estimate of drug-likeness (QED) is 0.653. The molecule has 1 aliphatic heterocycles. The minimum absolute atomic E-state index is 0.0124. The van der Waals surface area contributed by atoms with Crippen LogP contribution in [0.25, 0.3) is 0 Å². The first-order valence-electron chi connectivity index (χ1n) is 7.38. The van der Waals surface area contributed by atoms with Crippen molar-refractivity contribution in [1.82, 2.24) is 9.80 Å². The zero-order valence-corrected chi connectivity index (χ0v) is 12.3. The predicted octanol–water partition coefficient (Wildman–Crippen LogP) is 0.207. The van der Waals surface area contributed by atoms with Gasteiger partial charge in [0.1, 0.15) is 0 Å². The van der Waals surface area contributed by atoms with Gasteiger partial charge < -0.3 is 21.1 Å². The number of nitrogens with two attached hydrogens (primary N) is 1. The van der Waals surface area contributed by atoms with E-state index < -0.39 is 0 Å². The number of aliphatic hydroxyl groups is 1. The van der Waals surface area contributed by atoms with Gasteiger partial charge in [0, 0.05) is 57.1 Å². The van der Waals surface area contributed by atoms with Crippen molar-refractivity contribution in [2.24, 2.45) is 0 Å². The lowest BCUT2D eigenvalue weighted by atomic mass is 10.2. The fourth-order valence-corrected chi connectivity index (χ4v) is 2.48. The van der Waals surface area contributed by atoms with E-state index in [0.29, 0.717) is 12.1 Å². The van der Waals surface area contributed by atoms with Crippen LogP contribution in [0.15, 0.2) is 24.3 Å². The molecule has 0 bridgehead atoms. The number of β-amino-alcohol motifs (C(OH)–C–C–N with tert-alkyl or cyclic N) is 1. The number of benzene rings is 1. The van der Waals surface area contributed by atoms with Gasteiger partial charge in [-0.25, -0.2) is 0 Å². The maximum atomic E-state index is 11.9. The predicted molar refractivity (Wildman–Crippen MR) is 84.1 cm³/mol. The summed E-state index contributed by atoms with van der Waals surface area (Å²) in [4.78, 5) is 16.4. The topological polar surface area (TPSA) is 81.8 Å². The zero-order chi connectivity index (χ0) is 15.1. The number of anilines is 2. The summed E-state index contributed by atoms with van der Waals surface area (Å²) in [6, 6.07) is 7.21. The first-order valence-corrected chi connectivity index (χ1v) is 7.38. The molecule has 4 N–H and O–H groups in total. The molecule has 0 atom stereocenters. The Balaban J connectivity index is 1.68. The number of piperazine rings is 1. The van der Waals surface area contributed by atoms with Crippen LogP contribution in [0.5, 0.6) is 0 Å². The molecule has 1 saturated heterocycles. The molecule has 1 heterocycles. The van der Waals surface area contributed by atoms with Gasteiger partial charge in [-0.05, 0) is 18.2 Å². The average Bonchev–Trinajstić information content (AvgIpc) is 2.47. The highest BCUT2D eigenvalue weighted by Crippen LogP contribution is 2.12. The van der Waals surface area contributed by atoms with Crippen molar-refractivity contribution in [3.05, 3.63) is 24.3 Å². The van der Waals surface area contributed by atoms with Crippen LogP contribution in [0.1, 0.15) is 6.42 Å². The third kappa shape index (κ3) is 5.34. The standard InChI is InChI=1S/C15H24N4O2/c16-13-2-1-3-14(12-13)17-15(21)4-5-18-6-8-19(9-7-18)10-11-20/h1-3,12,20H,4-11,16H2,(H,17,21). The number of rotatable bonds is 6. The van der Waals surface area contributed by atoms with E-state index in [9.17, 15) is 4.79 Å². The van der Waals surface area contributed by atoms with E-state index in [1.165, 1.54) is 0 Å². The van der Waals surface area contributed by atoms with Gasteiger partial charge in [0.05, 0.1) is 6.61 Å². The van der Waals surface area contributed by atoms with E-state index >= 15 is 0 Å². The van der Waals surface area contributed by atoms with Gasteiger partial charge in [0.2, 0.25) is 5.91 Å². The molecule has 1 fully saturated rings. The molecule has 21 heavy (non-hydrogen) atoms. The Bertz CT molecular complexity index is 459. The molecule has 0 radical (unpaired) electrons. The second-order valence-corrected chi connectivity index (χ2v) is 5.33. The summed E-state index contributed by atoms with van der Waals surface area (Å²) >= 11 is 0. The molecule has 0 aliphatic carbocycles. The smallest absolute Gasteiger partial charge is 0.225 e. The average molecular weight is 292 g/mol. The van der Waals surface area contributed by atoms with Gasteiger partial charge in [0.25, 0.3) is 0 Å². The van der Waals surface area contributed by atoms with E-state index in [4.69, 9.17) is 10.8 Å². The fraction of sp³-hybridized carbons (Fsp3) is 0.533. The van der Waals surface area contributed by atoms with Gasteiger partial charge in [0.15, 0.2) is 0 Å². The zero-order valence-electron chi connectivity index (χ0n) is 12.3. The number of nitrogen functional groups attached to an aromatic ring is 1. The maximum Gasteiger partial charge on any atom is 0.225 e. The lowest BCUT2D eigenvalue weighted by Crippen LogP contribution is -2.47. The second-order valence-electron chi connectivity index (χ2n) is 5.33. The maximum absolute atomic E-state index is 11.9. The molecule has 6 nitrogen and oxygen atoms in total. The van der Waals surface area contributed by atoms with Crippen molar-refractivity contribution in [3.63, 3.8) is 0 Å². The highest BCUT2D eigenvalue weighted by Gasteiger charge is 2.16. The molecule has 116 valence electrons. The van der Waals surface area contributed by atoms with E-state index in [2.05, 4.69) is 15.1 Å². The van der Waals surface area contributed by atoms with Crippen molar-refractivity contribution in [2.75, 3.05) is 56.9 Å². The van der Waals surface area contributed by atoms with Crippen LogP contribution in [-0.2, 0) is 4.79 Å². The molecule has 1 amide bonds. The fourth-order valence-electron chi connectivity index (χ4n) is 2.48. The highest BCUT2D eigenvalue weighted by atomic mass is 16.3. The van der Waals surface area contributed by atoms with Crippen molar-refractivity contribution in [3.8, 4) is 0 Å². The Morgan fingerprint density at radius 1 is 1.19 bits per heavy atom. The molecule has 1 aromatic carbocycles. The molecule has 6 heteroatoms. The van der Waals surface area contributed by atoms with Gasteiger partial charge in [-0.1, -0.05) is 6.07 Å². The molecule has 0 aromatic heterocycles. The van der Waals surface area contributed by atoms with Gasteiger partial charge in [-0.2, -0.15) is 0 Å². The third-order valence-corrected chi connectivity index (χ3v) is 3.71. The van der Waals surface area contributed by atoms with Gasteiger partial charge >= 0.3 is 0 Å². The summed E-state index contributed by atoms with van der Waals surface area (Å²) in [6.45, 7) is 5.53.